The van der Waals surface area contributed by atoms with Crippen molar-refractivity contribution in [3.8, 4) is 0 Å². The number of carbonyl (C=O) groups is 2. The molecule has 0 saturated carbocycles. The summed E-state index contributed by atoms with van der Waals surface area (Å²) in [4.78, 5) is 20.8. The fraction of sp³-hybridized carbons (Fsp3) is 0. The Morgan fingerprint density at radius 2 is 1.82 bits per heavy atom. The summed E-state index contributed by atoms with van der Waals surface area (Å²) < 4.78 is 0. The highest BCUT2D eigenvalue weighted by Crippen LogP contribution is 2.04. The van der Waals surface area contributed by atoms with Crippen LogP contribution in [0, 0.1) is 0 Å². The Labute approximate surface area is 69.6 Å². The van der Waals surface area contributed by atoms with E-state index in [4.69, 9.17) is 0 Å². The fourth-order valence-electron chi connectivity index (χ4n) is 0.704. The topological polar surface area (TPSA) is 34.1 Å². The molecule has 0 bridgehead atoms. The lowest BCUT2D eigenvalue weighted by Gasteiger charge is -1.92. The van der Waals surface area contributed by atoms with Gasteiger partial charge < -0.3 is 0 Å². The molecular formula is C8H6O2S. The van der Waals surface area contributed by atoms with Gasteiger partial charge in [0.1, 0.15) is 6.29 Å². The van der Waals surface area contributed by atoms with Gasteiger partial charge in [0.15, 0.2) is 0 Å². The van der Waals surface area contributed by atoms with Gasteiger partial charge in [0, 0.05) is 11.1 Å². The highest BCUT2D eigenvalue weighted by atomic mass is 32.1. The van der Waals surface area contributed by atoms with Crippen LogP contribution in [0.2, 0.25) is 0 Å². The molecule has 0 amide bonds. The molecule has 2 nitrogen and oxygen atoms in total. The SMILES string of the molecule is O=Cc1ccc(C(=O)S)cc1. The Hall–Kier alpha value is -1.09. The summed E-state index contributed by atoms with van der Waals surface area (Å²) in [6, 6.07) is 6.30. The Bertz CT molecular complexity index is 277. The number of rotatable bonds is 2. The first-order valence-electron chi connectivity index (χ1n) is 3.02. The second kappa shape index (κ2) is 3.34. The smallest absolute Gasteiger partial charge is 0.216 e. The van der Waals surface area contributed by atoms with Gasteiger partial charge in [-0.2, -0.15) is 0 Å². The third-order valence-corrected chi connectivity index (χ3v) is 1.55. The molecule has 0 radical (unpaired) electrons. The fourth-order valence-corrected chi connectivity index (χ4v) is 0.853. The van der Waals surface area contributed by atoms with E-state index in [0.717, 1.165) is 6.29 Å². The molecule has 1 aromatic carbocycles. The Balaban J connectivity index is 3.00. The molecule has 0 atom stereocenters. The van der Waals surface area contributed by atoms with Crippen molar-refractivity contribution in [3.63, 3.8) is 0 Å². The van der Waals surface area contributed by atoms with E-state index in [9.17, 15) is 9.59 Å². The molecule has 0 heterocycles. The van der Waals surface area contributed by atoms with Crippen molar-refractivity contribution in [2.45, 2.75) is 0 Å². The van der Waals surface area contributed by atoms with E-state index < -0.39 is 0 Å². The van der Waals surface area contributed by atoms with Crippen LogP contribution in [0.4, 0.5) is 0 Å². The first-order valence-corrected chi connectivity index (χ1v) is 3.47. The van der Waals surface area contributed by atoms with E-state index in [1.165, 1.54) is 0 Å². The van der Waals surface area contributed by atoms with Gasteiger partial charge in [0.05, 0.1) is 0 Å². The van der Waals surface area contributed by atoms with Crippen molar-refractivity contribution in [1.82, 2.24) is 0 Å². The summed E-state index contributed by atoms with van der Waals surface area (Å²) in [5.74, 6) is 0. The van der Waals surface area contributed by atoms with Gasteiger partial charge in [0.2, 0.25) is 5.12 Å². The number of hydrogen-bond donors (Lipinski definition) is 1. The van der Waals surface area contributed by atoms with Crippen molar-refractivity contribution in [2.24, 2.45) is 0 Å². The molecule has 1 rings (SSSR count). The second-order valence-electron chi connectivity index (χ2n) is 2.05. The van der Waals surface area contributed by atoms with Crippen LogP contribution in [-0.4, -0.2) is 11.4 Å². The molecule has 0 aliphatic carbocycles. The molecule has 0 aliphatic heterocycles. The summed E-state index contributed by atoms with van der Waals surface area (Å²) in [5, 5.41) is -0.289. The number of hydrogen-bond acceptors (Lipinski definition) is 2. The maximum atomic E-state index is 10.6. The minimum Gasteiger partial charge on any atom is -0.298 e. The summed E-state index contributed by atoms with van der Waals surface area (Å²) in [6.07, 6.45) is 0.729. The number of benzene rings is 1. The lowest BCUT2D eigenvalue weighted by molar-refractivity contribution is 0.108. The van der Waals surface area contributed by atoms with Crippen LogP contribution in [0.15, 0.2) is 24.3 Å². The van der Waals surface area contributed by atoms with Crippen molar-refractivity contribution in [2.75, 3.05) is 0 Å². The lowest BCUT2D eigenvalue weighted by Crippen LogP contribution is -1.88. The van der Waals surface area contributed by atoms with Crippen molar-refractivity contribution >= 4 is 24.0 Å². The van der Waals surface area contributed by atoms with E-state index in [1.54, 1.807) is 24.3 Å². The monoisotopic (exact) mass is 166 g/mol. The van der Waals surface area contributed by atoms with Gasteiger partial charge >= 0.3 is 0 Å². The minimum atomic E-state index is -0.289. The normalized spacial score (nSPS) is 9.18. The summed E-state index contributed by atoms with van der Waals surface area (Å²) in [5.41, 5.74) is 1.06. The molecule has 0 N–H and O–H groups in total. The summed E-state index contributed by atoms with van der Waals surface area (Å²) >= 11 is 3.62. The summed E-state index contributed by atoms with van der Waals surface area (Å²) in [7, 11) is 0. The van der Waals surface area contributed by atoms with Crippen LogP contribution in [0.25, 0.3) is 0 Å². The Morgan fingerprint density at radius 3 is 2.18 bits per heavy atom. The number of carbonyl (C=O) groups excluding carboxylic acids is 2. The van der Waals surface area contributed by atoms with Crippen LogP contribution in [-0.2, 0) is 0 Å². The van der Waals surface area contributed by atoms with Gasteiger partial charge in [-0.25, -0.2) is 0 Å². The lowest BCUT2D eigenvalue weighted by atomic mass is 10.2. The predicted molar refractivity (Wildman–Crippen MR) is 45.1 cm³/mol. The minimum absolute atomic E-state index is 0.289. The molecule has 0 spiro atoms. The maximum absolute atomic E-state index is 10.6. The second-order valence-corrected chi connectivity index (χ2v) is 2.45. The first kappa shape index (κ1) is 8.01. The van der Waals surface area contributed by atoms with E-state index in [-0.39, 0.29) is 5.12 Å². The van der Waals surface area contributed by atoms with E-state index in [1.807, 2.05) is 0 Å². The Morgan fingerprint density at radius 1 is 1.27 bits per heavy atom. The van der Waals surface area contributed by atoms with Crippen LogP contribution in [0.1, 0.15) is 20.7 Å². The van der Waals surface area contributed by atoms with Crippen molar-refractivity contribution in [1.29, 1.82) is 0 Å². The van der Waals surface area contributed by atoms with E-state index >= 15 is 0 Å². The average molecular weight is 166 g/mol. The largest absolute Gasteiger partial charge is 0.298 e. The highest BCUT2D eigenvalue weighted by Gasteiger charge is 1.97. The van der Waals surface area contributed by atoms with Crippen molar-refractivity contribution in [3.05, 3.63) is 35.4 Å². The third kappa shape index (κ3) is 1.91. The van der Waals surface area contributed by atoms with E-state index in [2.05, 4.69) is 12.6 Å². The molecule has 11 heavy (non-hydrogen) atoms. The third-order valence-electron chi connectivity index (χ3n) is 1.29. The van der Waals surface area contributed by atoms with Crippen LogP contribution in [0.3, 0.4) is 0 Å². The molecule has 0 aliphatic rings. The zero-order chi connectivity index (χ0) is 8.27. The predicted octanol–water partition coefficient (Wildman–Crippen LogP) is 1.57. The molecule has 56 valence electrons. The number of thiol groups is 1. The zero-order valence-corrected chi connectivity index (χ0v) is 6.54. The van der Waals surface area contributed by atoms with E-state index in [0.29, 0.717) is 11.1 Å². The van der Waals surface area contributed by atoms with Gasteiger partial charge in [0.25, 0.3) is 0 Å². The van der Waals surface area contributed by atoms with Gasteiger partial charge in [-0.3, -0.25) is 9.59 Å². The molecule has 3 heteroatoms. The van der Waals surface area contributed by atoms with Gasteiger partial charge in [-0.05, 0) is 12.1 Å². The molecule has 0 unspecified atom stereocenters. The molecule has 1 aromatic rings. The quantitative estimate of drug-likeness (QED) is 0.534. The summed E-state index contributed by atoms with van der Waals surface area (Å²) in [6.45, 7) is 0. The highest BCUT2D eigenvalue weighted by molar-refractivity contribution is 7.97. The number of aldehydes is 1. The van der Waals surface area contributed by atoms with Gasteiger partial charge in [-0.1, -0.05) is 12.1 Å². The Kier molecular flexibility index (Phi) is 2.44. The molecular weight excluding hydrogens is 160 g/mol. The first-order chi connectivity index (χ1) is 5.24. The average Bonchev–Trinajstić information content (AvgIpc) is 2.05. The van der Waals surface area contributed by atoms with Crippen LogP contribution in [0.5, 0.6) is 0 Å². The molecule has 0 saturated heterocycles. The maximum Gasteiger partial charge on any atom is 0.216 e. The molecule has 0 aromatic heterocycles. The van der Waals surface area contributed by atoms with Crippen molar-refractivity contribution < 1.29 is 9.59 Å². The van der Waals surface area contributed by atoms with Crippen LogP contribution < -0.4 is 0 Å². The standard InChI is InChI=1S/C8H6O2S/c9-5-6-1-3-7(4-2-6)8(10)11/h1-5H,(H,10,11). The van der Waals surface area contributed by atoms with Crippen LogP contribution >= 0.6 is 12.6 Å². The zero-order valence-electron chi connectivity index (χ0n) is 5.65. The van der Waals surface area contributed by atoms with Gasteiger partial charge in [-0.15, -0.1) is 12.6 Å². The molecule has 0 fully saturated rings.